The molecule has 0 amide bonds. The third-order valence-electron chi connectivity index (χ3n) is 4.07. The molecule has 3 aromatic rings. The lowest BCUT2D eigenvalue weighted by molar-refractivity contribution is 0.0528. The number of thiocarbonyl (C=S) groups is 1. The molecule has 2 aromatic carbocycles. The Morgan fingerprint density at radius 3 is 2.59 bits per heavy atom. The quantitative estimate of drug-likeness (QED) is 0.364. The van der Waals surface area contributed by atoms with E-state index in [2.05, 4.69) is 22.8 Å². The largest absolute Gasteiger partial charge is 0.462 e. The number of anilines is 1. The molecule has 0 fully saturated rings. The lowest BCUT2D eigenvalue weighted by atomic mass is 10.1. The van der Waals surface area contributed by atoms with Crippen LogP contribution in [0.4, 0.5) is 5.00 Å². The fraction of sp³-hybridized carbons (Fsp3) is 0.182. The van der Waals surface area contributed by atoms with Crippen LogP contribution < -0.4 is 10.6 Å². The Labute approximate surface area is 184 Å². The molecular formula is C22H21ClN2O2S2. The maximum absolute atomic E-state index is 12.4. The first-order valence-electron chi connectivity index (χ1n) is 9.18. The van der Waals surface area contributed by atoms with E-state index in [1.165, 1.54) is 16.9 Å². The minimum absolute atomic E-state index is 0.319. The Morgan fingerprint density at radius 2 is 1.86 bits per heavy atom. The van der Waals surface area contributed by atoms with E-state index < -0.39 is 0 Å². The molecule has 1 aromatic heterocycles. The van der Waals surface area contributed by atoms with Crippen LogP contribution in [-0.2, 0) is 17.7 Å². The molecule has 3 rings (SSSR count). The van der Waals surface area contributed by atoms with Crippen molar-refractivity contribution in [1.82, 2.24) is 5.32 Å². The van der Waals surface area contributed by atoms with E-state index in [1.54, 1.807) is 6.92 Å². The Bertz CT molecular complexity index is 989. The van der Waals surface area contributed by atoms with Crippen molar-refractivity contribution < 1.29 is 9.53 Å². The number of carbonyl (C=O) groups is 1. The zero-order valence-corrected chi connectivity index (χ0v) is 18.3. The average Bonchev–Trinajstić information content (AvgIpc) is 3.09. The topological polar surface area (TPSA) is 50.4 Å². The van der Waals surface area contributed by atoms with Crippen LogP contribution in [-0.4, -0.2) is 17.7 Å². The van der Waals surface area contributed by atoms with E-state index in [-0.39, 0.29) is 5.97 Å². The standard InChI is InChI=1S/C22H21ClN2O2S2/c1-2-27-21(26)19-13-18(12-15-7-4-3-5-8-15)29-20(19)25-22(28)24-14-16-9-6-10-17(23)11-16/h3-11,13H,2,12,14H2,1H3,(H2,24,25,28). The molecule has 0 aliphatic rings. The van der Waals surface area contributed by atoms with Crippen LogP contribution in [0.3, 0.4) is 0 Å². The molecule has 7 heteroatoms. The van der Waals surface area contributed by atoms with Crippen LogP contribution in [0.25, 0.3) is 0 Å². The number of ether oxygens (including phenoxy) is 1. The SMILES string of the molecule is CCOC(=O)c1cc(Cc2ccccc2)sc1NC(=S)NCc1cccc(Cl)c1. The molecule has 1 heterocycles. The van der Waals surface area contributed by atoms with Crippen LogP contribution >= 0.6 is 35.2 Å². The van der Waals surface area contributed by atoms with Gasteiger partial charge in [-0.1, -0.05) is 54.1 Å². The van der Waals surface area contributed by atoms with Crippen molar-refractivity contribution in [2.75, 3.05) is 11.9 Å². The number of esters is 1. The monoisotopic (exact) mass is 444 g/mol. The summed E-state index contributed by atoms with van der Waals surface area (Å²) >= 11 is 12.9. The van der Waals surface area contributed by atoms with Gasteiger partial charge in [-0.25, -0.2) is 4.79 Å². The summed E-state index contributed by atoms with van der Waals surface area (Å²) < 4.78 is 5.21. The highest BCUT2D eigenvalue weighted by atomic mass is 35.5. The van der Waals surface area contributed by atoms with Gasteiger partial charge in [-0.3, -0.25) is 0 Å². The summed E-state index contributed by atoms with van der Waals surface area (Å²) in [6.45, 7) is 2.64. The van der Waals surface area contributed by atoms with Crippen LogP contribution in [0.2, 0.25) is 5.02 Å². The maximum Gasteiger partial charge on any atom is 0.341 e. The molecule has 4 nitrogen and oxygen atoms in total. The van der Waals surface area contributed by atoms with Crippen molar-refractivity contribution in [2.45, 2.75) is 19.9 Å². The van der Waals surface area contributed by atoms with Crippen LogP contribution in [0.5, 0.6) is 0 Å². The van der Waals surface area contributed by atoms with E-state index in [9.17, 15) is 4.79 Å². The van der Waals surface area contributed by atoms with E-state index in [0.29, 0.717) is 33.9 Å². The maximum atomic E-state index is 12.4. The molecule has 0 radical (unpaired) electrons. The molecule has 0 bridgehead atoms. The molecule has 2 N–H and O–H groups in total. The van der Waals surface area contributed by atoms with Gasteiger partial charge in [-0.05, 0) is 48.5 Å². The number of hydrogen-bond acceptors (Lipinski definition) is 4. The van der Waals surface area contributed by atoms with E-state index in [0.717, 1.165) is 16.9 Å². The Kier molecular flexibility index (Phi) is 7.63. The Morgan fingerprint density at radius 1 is 1.10 bits per heavy atom. The summed E-state index contributed by atoms with van der Waals surface area (Å²) in [5.41, 5.74) is 2.69. The van der Waals surface area contributed by atoms with Gasteiger partial charge in [0.1, 0.15) is 5.00 Å². The molecule has 0 atom stereocenters. The predicted octanol–water partition coefficient (Wildman–Crippen LogP) is 5.66. The first-order chi connectivity index (χ1) is 14.0. The van der Waals surface area contributed by atoms with Crippen molar-refractivity contribution in [3.63, 3.8) is 0 Å². The van der Waals surface area contributed by atoms with Gasteiger partial charge < -0.3 is 15.4 Å². The third kappa shape index (κ3) is 6.29. The van der Waals surface area contributed by atoms with Gasteiger partial charge in [0.2, 0.25) is 0 Å². The summed E-state index contributed by atoms with van der Waals surface area (Å²) in [5.74, 6) is -0.358. The van der Waals surface area contributed by atoms with Crippen molar-refractivity contribution in [3.05, 3.63) is 87.3 Å². The van der Waals surface area contributed by atoms with Gasteiger partial charge in [0.25, 0.3) is 0 Å². The second kappa shape index (κ2) is 10.4. The van der Waals surface area contributed by atoms with Crippen LogP contribution in [0.15, 0.2) is 60.7 Å². The summed E-state index contributed by atoms with van der Waals surface area (Å²) in [7, 11) is 0. The van der Waals surface area contributed by atoms with Gasteiger partial charge in [0.05, 0.1) is 12.2 Å². The first kappa shape index (κ1) is 21.3. The fourth-order valence-electron chi connectivity index (χ4n) is 2.76. The summed E-state index contributed by atoms with van der Waals surface area (Å²) in [5, 5.41) is 8.08. The van der Waals surface area contributed by atoms with E-state index in [4.69, 9.17) is 28.6 Å². The molecule has 0 saturated carbocycles. The minimum Gasteiger partial charge on any atom is -0.462 e. The number of thiophene rings is 1. The highest BCUT2D eigenvalue weighted by molar-refractivity contribution is 7.80. The summed E-state index contributed by atoms with van der Waals surface area (Å²) in [4.78, 5) is 13.5. The van der Waals surface area contributed by atoms with Gasteiger partial charge in [-0.15, -0.1) is 11.3 Å². The lowest BCUT2D eigenvalue weighted by Gasteiger charge is -2.11. The summed E-state index contributed by atoms with van der Waals surface area (Å²) in [6.07, 6.45) is 0.738. The van der Waals surface area contributed by atoms with E-state index >= 15 is 0 Å². The second-order valence-corrected chi connectivity index (χ2v) is 8.26. The van der Waals surface area contributed by atoms with Gasteiger partial charge in [-0.2, -0.15) is 0 Å². The normalized spacial score (nSPS) is 10.4. The van der Waals surface area contributed by atoms with Crippen molar-refractivity contribution >= 4 is 51.2 Å². The molecule has 0 aliphatic carbocycles. The molecule has 0 spiro atoms. The fourth-order valence-corrected chi connectivity index (χ4v) is 4.29. The number of halogens is 1. The van der Waals surface area contributed by atoms with Crippen LogP contribution in [0.1, 0.15) is 33.3 Å². The number of carbonyl (C=O) groups excluding carboxylic acids is 1. The number of rotatable bonds is 7. The van der Waals surface area contributed by atoms with Crippen molar-refractivity contribution in [1.29, 1.82) is 0 Å². The van der Waals surface area contributed by atoms with E-state index in [1.807, 2.05) is 48.5 Å². The van der Waals surface area contributed by atoms with Gasteiger partial charge in [0, 0.05) is 22.9 Å². The zero-order valence-electron chi connectivity index (χ0n) is 15.9. The first-order valence-corrected chi connectivity index (χ1v) is 10.8. The molecule has 29 heavy (non-hydrogen) atoms. The highest BCUT2D eigenvalue weighted by Crippen LogP contribution is 2.30. The Hall–Kier alpha value is -2.41. The van der Waals surface area contributed by atoms with Crippen molar-refractivity contribution in [3.8, 4) is 0 Å². The third-order valence-corrected chi connectivity index (χ3v) is 5.60. The van der Waals surface area contributed by atoms with Crippen molar-refractivity contribution in [2.24, 2.45) is 0 Å². The number of nitrogens with one attached hydrogen (secondary N) is 2. The average molecular weight is 445 g/mol. The molecule has 150 valence electrons. The summed E-state index contributed by atoms with van der Waals surface area (Å²) in [6, 6.07) is 19.6. The van der Waals surface area contributed by atoms with Crippen LogP contribution in [0, 0.1) is 0 Å². The minimum atomic E-state index is -0.358. The zero-order chi connectivity index (χ0) is 20.6. The highest BCUT2D eigenvalue weighted by Gasteiger charge is 2.18. The smallest absolute Gasteiger partial charge is 0.341 e. The molecular weight excluding hydrogens is 424 g/mol. The van der Waals surface area contributed by atoms with Gasteiger partial charge in [0.15, 0.2) is 5.11 Å². The molecule has 0 aliphatic heterocycles. The Balaban J connectivity index is 1.71. The number of benzene rings is 2. The molecule has 0 unspecified atom stereocenters. The molecule has 0 saturated heterocycles. The number of hydrogen-bond donors (Lipinski definition) is 2. The lowest BCUT2D eigenvalue weighted by Crippen LogP contribution is -2.28. The second-order valence-electron chi connectivity index (χ2n) is 6.28. The van der Waals surface area contributed by atoms with Gasteiger partial charge >= 0.3 is 5.97 Å². The predicted molar refractivity (Wildman–Crippen MR) is 124 cm³/mol.